The first-order valence-electron chi connectivity index (χ1n) is 20.1. The van der Waals surface area contributed by atoms with Crippen LogP contribution >= 0.6 is 0 Å². The van der Waals surface area contributed by atoms with E-state index >= 15 is 0 Å². The third-order valence-electron chi connectivity index (χ3n) is 16.8. The maximum atomic E-state index is 12.3. The summed E-state index contributed by atoms with van der Waals surface area (Å²) in [7, 11) is 1.64. The number of aliphatic hydroxyl groups is 2. The number of fused-ring (bicyclic) bond motifs is 2. The minimum atomic E-state index is -1.25. The number of ether oxygens (including phenoxy) is 5. The second-order valence-electron chi connectivity index (χ2n) is 19.7. The van der Waals surface area contributed by atoms with E-state index < -0.39 is 23.8 Å². The topological polar surface area (TPSA) is 124 Å². The molecule has 0 aromatic carbocycles. The molecule has 2 saturated heterocycles. The van der Waals surface area contributed by atoms with E-state index in [1.807, 2.05) is 0 Å². The minimum absolute atomic E-state index is 0.00816. The largest absolute Gasteiger partial charge is 0.464 e. The summed E-state index contributed by atoms with van der Waals surface area (Å²) in [5.41, 5.74) is -0.915. The highest BCUT2D eigenvalue weighted by Gasteiger charge is 2.83. The van der Waals surface area contributed by atoms with Gasteiger partial charge >= 0.3 is 11.9 Å². The van der Waals surface area contributed by atoms with Crippen LogP contribution < -0.4 is 0 Å². The van der Waals surface area contributed by atoms with E-state index in [1.165, 1.54) is 26.2 Å². The fourth-order valence-electron chi connectivity index (χ4n) is 14.2. The summed E-state index contributed by atoms with van der Waals surface area (Å²) >= 11 is 0. The number of carbonyl (C=O) groups is 2. The van der Waals surface area contributed by atoms with E-state index in [1.54, 1.807) is 21.0 Å². The molecule has 0 amide bonds. The average Bonchev–Trinajstić information content (AvgIpc) is 3.44. The van der Waals surface area contributed by atoms with Gasteiger partial charge in [-0.15, -0.1) is 0 Å². The second kappa shape index (κ2) is 12.9. The molecule has 0 aromatic rings. The van der Waals surface area contributed by atoms with Crippen LogP contribution in [0.1, 0.15) is 120 Å². The standard InChI is InChI=1S/C41H67NO9/c1-24(20-28(47-9)34(37(5,6)46)50-25(2)43)26-21-31(44)39(8)30-11-10-29-36(3,4)32(12-14-40(29)23-41(30,40)16-15-38(26,39)7)51-33-22-42(17-19-48-33)27-13-18-49-35(27)45/h24,26-34,44,46H,10-23H2,1-9H3/t24-,26?,27-,28?,29+,30?,31+,32?,33?,34?,38?,39-,40?,41?/m1/s1. The number of nitrogens with zero attached hydrogens (tertiary/aromatic N) is 1. The smallest absolute Gasteiger partial charge is 0.323 e. The zero-order valence-electron chi connectivity index (χ0n) is 32.9. The van der Waals surface area contributed by atoms with Gasteiger partial charge in [0.15, 0.2) is 12.4 Å². The van der Waals surface area contributed by atoms with Crippen molar-refractivity contribution in [3.05, 3.63) is 0 Å². The van der Waals surface area contributed by atoms with Gasteiger partial charge < -0.3 is 33.9 Å². The lowest BCUT2D eigenvalue weighted by molar-refractivity contribution is -0.250. The van der Waals surface area contributed by atoms with E-state index in [9.17, 15) is 19.8 Å². The van der Waals surface area contributed by atoms with Crippen molar-refractivity contribution in [1.82, 2.24) is 4.90 Å². The van der Waals surface area contributed by atoms with Crippen molar-refractivity contribution in [2.45, 2.75) is 162 Å². The van der Waals surface area contributed by atoms with Gasteiger partial charge in [-0.3, -0.25) is 14.5 Å². The predicted molar refractivity (Wildman–Crippen MR) is 190 cm³/mol. The van der Waals surface area contributed by atoms with Crippen LogP contribution in [0.5, 0.6) is 0 Å². The number of carbonyl (C=O) groups excluding carboxylic acids is 2. The first kappa shape index (κ1) is 38.0. The molecule has 51 heavy (non-hydrogen) atoms. The molecule has 2 N–H and O–H groups in total. The third kappa shape index (κ3) is 5.68. The van der Waals surface area contributed by atoms with Crippen LogP contribution in [0.2, 0.25) is 0 Å². The van der Waals surface area contributed by atoms with Gasteiger partial charge in [0.25, 0.3) is 0 Å². The van der Waals surface area contributed by atoms with Crippen molar-refractivity contribution in [2.24, 2.45) is 50.7 Å². The average molecular weight is 718 g/mol. The van der Waals surface area contributed by atoms with Crippen LogP contribution in [-0.2, 0) is 33.3 Å². The van der Waals surface area contributed by atoms with Gasteiger partial charge in [-0.05, 0) is 117 Å². The van der Waals surface area contributed by atoms with Gasteiger partial charge in [-0.1, -0.05) is 34.6 Å². The first-order chi connectivity index (χ1) is 23.9. The lowest BCUT2D eigenvalue weighted by Gasteiger charge is -2.64. The number of morpholine rings is 1. The number of methoxy groups -OCH3 is 1. The van der Waals surface area contributed by atoms with Crippen LogP contribution in [0.25, 0.3) is 0 Å². The number of rotatable bonds is 10. The van der Waals surface area contributed by atoms with Crippen LogP contribution in [0.15, 0.2) is 0 Å². The molecule has 7 fully saturated rings. The minimum Gasteiger partial charge on any atom is -0.464 e. The Kier molecular flexibility index (Phi) is 9.61. The molecule has 10 heteroatoms. The van der Waals surface area contributed by atoms with Crippen molar-refractivity contribution in [3.63, 3.8) is 0 Å². The van der Waals surface area contributed by atoms with Crippen molar-refractivity contribution in [3.8, 4) is 0 Å². The summed E-state index contributed by atoms with van der Waals surface area (Å²) in [6.45, 7) is 19.2. The molecule has 0 aromatic heterocycles. The number of aliphatic hydroxyl groups excluding tert-OH is 1. The maximum Gasteiger partial charge on any atom is 0.323 e. The summed E-state index contributed by atoms with van der Waals surface area (Å²) in [5.74, 6) is 0.998. The SMILES string of the molecule is COC(C[C@@H](C)C1C[C@H](O)[C@@]2(C)C3CC[C@H]4C(C)(C)C(OC5CN([C@@H]6CCOC6=O)CCO5)CCC45CC35CCC12C)C(OC(C)=O)C(C)(C)O. The molecule has 2 heterocycles. The summed E-state index contributed by atoms with van der Waals surface area (Å²) in [6.07, 6.45) is 8.39. The molecule has 14 atom stereocenters. The quantitative estimate of drug-likeness (QED) is 0.280. The fraction of sp³-hybridized carbons (Fsp3) is 0.951. The lowest BCUT2D eigenvalue weighted by Crippen LogP contribution is -2.60. The summed E-state index contributed by atoms with van der Waals surface area (Å²) in [6, 6.07) is -0.178. The van der Waals surface area contributed by atoms with Gasteiger partial charge in [0, 0.05) is 32.4 Å². The van der Waals surface area contributed by atoms with Crippen molar-refractivity contribution >= 4 is 11.9 Å². The molecule has 0 radical (unpaired) electrons. The highest BCUT2D eigenvalue weighted by atomic mass is 16.7. The Morgan fingerprint density at radius 1 is 1.04 bits per heavy atom. The molecular weight excluding hydrogens is 650 g/mol. The molecule has 9 unspecified atom stereocenters. The van der Waals surface area contributed by atoms with Gasteiger partial charge in [0.1, 0.15) is 6.04 Å². The Hall–Kier alpha value is -1.30. The monoisotopic (exact) mass is 717 g/mol. The summed E-state index contributed by atoms with van der Waals surface area (Å²) < 4.78 is 29.9. The van der Waals surface area contributed by atoms with E-state index in [0.29, 0.717) is 49.3 Å². The number of hydrogen-bond acceptors (Lipinski definition) is 10. The lowest BCUT2D eigenvalue weighted by atomic mass is 9.41. The Bertz CT molecular complexity index is 1350. The van der Waals surface area contributed by atoms with Gasteiger partial charge in [0.05, 0.1) is 43.7 Å². The molecule has 5 saturated carbocycles. The first-order valence-corrected chi connectivity index (χ1v) is 20.1. The number of cyclic esters (lactones) is 1. The molecule has 2 aliphatic heterocycles. The zero-order chi connectivity index (χ0) is 36.9. The van der Waals surface area contributed by atoms with E-state index in [2.05, 4.69) is 39.5 Å². The number of esters is 2. The van der Waals surface area contributed by atoms with Crippen LogP contribution in [0.3, 0.4) is 0 Å². The Morgan fingerprint density at radius 3 is 2.39 bits per heavy atom. The molecule has 7 rings (SSSR count). The van der Waals surface area contributed by atoms with E-state index in [-0.39, 0.29) is 58.1 Å². The summed E-state index contributed by atoms with van der Waals surface area (Å²) in [4.78, 5) is 26.5. The van der Waals surface area contributed by atoms with Crippen LogP contribution in [0, 0.1) is 50.7 Å². The van der Waals surface area contributed by atoms with E-state index in [0.717, 1.165) is 45.1 Å². The van der Waals surface area contributed by atoms with Crippen LogP contribution in [0.4, 0.5) is 0 Å². The second-order valence-corrected chi connectivity index (χ2v) is 19.7. The molecule has 290 valence electrons. The Morgan fingerprint density at radius 2 is 1.75 bits per heavy atom. The summed E-state index contributed by atoms with van der Waals surface area (Å²) in [5, 5.41) is 23.2. The molecule has 2 spiro atoms. The van der Waals surface area contributed by atoms with Gasteiger partial charge in [-0.25, -0.2) is 0 Å². The highest BCUT2D eigenvalue weighted by Crippen LogP contribution is 2.89. The highest BCUT2D eigenvalue weighted by molar-refractivity contribution is 5.77. The van der Waals surface area contributed by atoms with Crippen molar-refractivity contribution < 1.29 is 43.5 Å². The predicted octanol–water partition coefficient (Wildman–Crippen LogP) is 5.50. The van der Waals surface area contributed by atoms with Crippen molar-refractivity contribution in [1.29, 1.82) is 0 Å². The van der Waals surface area contributed by atoms with Gasteiger partial charge in [-0.2, -0.15) is 0 Å². The molecule has 0 bridgehead atoms. The maximum absolute atomic E-state index is 12.3. The molecule has 7 aliphatic rings. The third-order valence-corrected chi connectivity index (χ3v) is 16.8. The van der Waals surface area contributed by atoms with E-state index in [4.69, 9.17) is 23.7 Å². The Balaban J connectivity index is 1.06. The molecule has 10 nitrogen and oxygen atoms in total. The Labute approximate surface area is 306 Å². The van der Waals surface area contributed by atoms with Crippen LogP contribution in [-0.4, -0.2) is 103 Å². The zero-order valence-corrected chi connectivity index (χ0v) is 32.9. The fourth-order valence-corrected chi connectivity index (χ4v) is 14.2. The molecular formula is C41H67NO9. The van der Waals surface area contributed by atoms with Crippen molar-refractivity contribution in [2.75, 3.05) is 33.4 Å². The van der Waals surface area contributed by atoms with Gasteiger partial charge in [0.2, 0.25) is 0 Å². The number of hydrogen-bond donors (Lipinski definition) is 2. The molecule has 5 aliphatic carbocycles. The normalized spacial score (nSPS) is 46.5.